The second-order valence-electron chi connectivity index (χ2n) is 17.9. The van der Waals surface area contributed by atoms with Crippen molar-refractivity contribution in [2.45, 2.75) is 97.2 Å². The van der Waals surface area contributed by atoms with E-state index in [1.165, 1.54) is 0 Å². The van der Waals surface area contributed by atoms with Crippen molar-refractivity contribution >= 4 is 45.9 Å². The maximum atomic E-state index is 14.2. The highest BCUT2D eigenvalue weighted by Gasteiger charge is 2.40. The first-order valence-corrected chi connectivity index (χ1v) is 21.2. The summed E-state index contributed by atoms with van der Waals surface area (Å²) in [4.78, 5) is 77.4. The molecule has 2 aliphatic heterocycles. The van der Waals surface area contributed by atoms with Gasteiger partial charge in [0.25, 0.3) is 0 Å². The third kappa shape index (κ3) is 10.5. The predicted octanol–water partition coefficient (Wildman–Crippen LogP) is 8.99. The van der Waals surface area contributed by atoms with Crippen LogP contribution in [0.5, 0.6) is 0 Å². The number of carbonyl (C=O) groups excluding carboxylic acids is 5. The first-order chi connectivity index (χ1) is 28.8. The fourth-order valence-corrected chi connectivity index (χ4v) is 8.97. The van der Waals surface area contributed by atoms with Crippen molar-refractivity contribution in [3.63, 3.8) is 0 Å². The minimum absolute atomic E-state index is 0. The van der Waals surface area contributed by atoms with E-state index in [4.69, 9.17) is 0 Å². The summed E-state index contributed by atoms with van der Waals surface area (Å²) < 4.78 is 0. The number of hydrogen-bond acceptors (Lipinski definition) is 6. The van der Waals surface area contributed by atoms with E-state index >= 15 is 0 Å². The number of amides is 3. The van der Waals surface area contributed by atoms with Crippen molar-refractivity contribution in [3.05, 3.63) is 126 Å². The van der Waals surface area contributed by atoms with E-state index in [0.717, 1.165) is 51.7 Å². The molecular weight excluding hydrogens is 763 g/mol. The summed E-state index contributed by atoms with van der Waals surface area (Å²) in [5.74, 6) is -0.992. The lowest BCUT2D eigenvalue weighted by molar-refractivity contribution is -0.140. The Balaban J connectivity index is 0.00000622. The van der Waals surface area contributed by atoms with Crippen LogP contribution in [0.4, 0.5) is 5.69 Å². The number of likely N-dealkylation sites (tertiary alicyclic amines) is 2. The van der Waals surface area contributed by atoms with Crippen LogP contribution in [0.2, 0.25) is 0 Å². The highest BCUT2D eigenvalue weighted by Crippen LogP contribution is 2.33. The molecule has 0 unspecified atom stereocenters. The fraction of sp³-hybridized carbons (Fsp3) is 0.392. The number of nitrogens with one attached hydrogen (secondary N) is 2. The van der Waals surface area contributed by atoms with E-state index in [-0.39, 0.29) is 55.0 Å². The van der Waals surface area contributed by atoms with E-state index in [2.05, 4.69) is 16.4 Å². The summed E-state index contributed by atoms with van der Waals surface area (Å²) in [6.45, 7) is 7.11. The molecule has 2 aliphatic rings. The number of ketones is 2. The van der Waals surface area contributed by atoms with Crippen LogP contribution in [0.1, 0.15) is 95.4 Å². The van der Waals surface area contributed by atoms with Crippen molar-refractivity contribution in [2.75, 3.05) is 32.5 Å². The molecule has 10 nitrogen and oxygen atoms in total. The van der Waals surface area contributed by atoms with Crippen molar-refractivity contribution in [2.24, 2.45) is 5.41 Å². The number of rotatable bonds is 14. The van der Waals surface area contributed by atoms with Gasteiger partial charge in [-0.2, -0.15) is 0 Å². The van der Waals surface area contributed by atoms with Crippen LogP contribution in [-0.2, 0) is 30.4 Å². The lowest BCUT2D eigenvalue weighted by atomic mass is 9.84. The molecule has 0 radical (unpaired) electrons. The Morgan fingerprint density at radius 2 is 1.36 bits per heavy atom. The number of hydrogen-bond donors (Lipinski definition) is 2. The minimum atomic E-state index is -0.621. The van der Waals surface area contributed by atoms with E-state index in [1.807, 2.05) is 143 Å². The molecule has 0 aliphatic carbocycles. The molecule has 3 heterocycles. The topological polar surface area (TPSA) is 123 Å². The monoisotopic (exact) mass is 823 g/mol. The first-order valence-electron chi connectivity index (χ1n) is 21.2. The number of Topliss-reactive ketones (excluding diaryl/α,β-unsaturated/α-hetero) is 2. The average Bonchev–Trinajstić information content (AvgIpc) is 4.01. The molecular formula is C51H61N5O5. The SMILES string of the molecule is C.CN(C)[C@@H](C(=O)N1CCC[C@H]1C(=O)Nc1ccc(-c2cc3cc(CC(=O)[C@@H]4CCCN4C(=O)[C@H](CC(=O)CC(C)(C)C)c4ccccc4)ccc3[nH]2)cc1)c1ccccc1. The van der Waals surface area contributed by atoms with Crippen LogP contribution >= 0.6 is 0 Å². The van der Waals surface area contributed by atoms with Gasteiger partial charge >= 0.3 is 0 Å². The van der Waals surface area contributed by atoms with Crippen LogP contribution < -0.4 is 5.32 Å². The number of benzene rings is 4. The molecule has 61 heavy (non-hydrogen) atoms. The van der Waals surface area contributed by atoms with Gasteiger partial charge in [-0.25, -0.2) is 0 Å². The number of aromatic amines is 1. The molecule has 2 fully saturated rings. The Labute approximate surface area is 360 Å². The summed E-state index contributed by atoms with van der Waals surface area (Å²) in [6.07, 6.45) is 3.43. The normalized spacial score (nSPS) is 17.5. The van der Waals surface area contributed by atoms with Gasteiger partial charge in [0.2, 0.25) is 17.7 Å². The van der Waals surface area contributed by atoms with Gasteiger partial charge in [0, 0.05) is 54.6 Å². The zero-order chi connectivity index (χ0) is 42.6. The van der Waals surface area contributed by atoms with Crippen molar-refractivity contribution in [3.8, 4) is 11.3 Å². The lowest BCUT2D eigenvalue weighted by Crippen LogP contribution is -2.47. The van der Waals surface area contributed by atoms with E-state index in [9.17, 15) is 24.0 Å². The molecule has 2 N–H and O–H groups in total. The smallest absolute Gasteiger partial charge is 0.247 e. The van der Waals surface area contributed by atoms with Crippen LogP contribution in [-0.4, -0.2) is 88.2 Å². The van der Waals surface area contributed by atoms with E-state index in [0.29, 0.717) is 38.0 Å². The lowest BCUT2D eigenvalue weighted by Gasteiger charge is -2.31. The van der Waals surface area contributed by atoms with Gasteiger partial charge in [-0.3, -0.25) is 28.9 Å². The molecule has 1 aromatic heterocycles. The van der Waals surface area contributed by atoms with Gasteiger partial charge in [0.05, 0.1) is 12.0 Å². The third-order valence-electron chi connectivity index (χ3n) is 11.8. The second kappa shape index (κ2) is 19.2. The molecule has 4 aromatic carbocycles. The van der Waals surface area contributed by atoms with Gasteiger partial charge in [0.15, 0.2) is 5.78 Å². The van der Waals surface area contributed by atoms with Crippen LogP contribution in [0.15, 0.2) is 109 Å². The summed E-state index contributed by atoms with van der Waals surface area (Å²) in [7, 11) is 3.77. The van der Waals surface area contributed by atoms with Crippen molar-refractivity contribution in [1.29, 1.82) is 0 Å². The Morgan fingerprint density at radius 3 is 1.98 bits per heavy atom. The zero-order valence-electron chi connectivity index (χ0n) is 35.4. The van der Waals surface area contributed by atoms with Gasteiger partial charge in [-0.15, -0.1) is 0 Å². The number of fused-ring (bicyclic) bond motifs is 1. The summed E-state index contributed by atoms with van der Waals surface area (Å²) in [6, 6.07) is 33.2. The Hall–Kier alpha value is -5.87. The Morgan fingerprint density at radius 1 is 0.754 bits per heavy atom. The molecule has 0 bridgehead atoms. The first kappa shape index (κ1) is 44.7. The number of aromatic nitrogens is 1. The summed E-state index contributed by atoms with van der Waals surface area (Å²) in [5.41, 5.74) is 5.81. The predicted molar refractivity (Wildman–Crippen MR) is 243 cm³/mol. The van der Waals surface area contributed by atoms with Crippen LogP contribution in [0, 0.1) is 5.41 Å². The summed E-state index contributed by atoms with van der Waals surface area (Å²) in [5, 5.41) is 4.01. The molecule has 3 amide bonds. The van der Waals surface area contributed by atoms with Gasteiger partial charge < -0.3 is 20.1 Å². The molecule has 10 heteroatoms. The Bertz CT molecular complexity index is 2330. The molecule has 320 valence electrons. The fourth-order valence-electron chi connectivity index (χ4n) is 8.97. The quantitative estimate of drug-likeness (QED) is 0.115. The summed E-state index contributed by atoms with van der Waals surface area (Å²) >= 11 is 0. The van der Waals surface area contributed by atoms with Gasteiger partial charge in [0.1, 0.15) is 17.9 Å². The zero-order valence-corrected chi connectivity index (χ0v) is 35.4. The Kier molecular flexibility index (Phi) is 14.1. The maximum absolute atomic E-state index is 14.2. The molecule has 0 spiro atoms. The highest BCUT2D eigenvalue weighted by atomic mass is 16.2. The molecule has 0 saturated carbocycles. The van der Waals surface area contributed by atoms with Crippen molar-refractivity contribution in [1.82, 2.24) is 19.7 Å². The van der Waals surface area contributed by atoms with Crippen LogP contribution in [0.3, 0.4) is 0 Å². The van der Waals surface area contributed by atoms with Gasteiger partial charge in [-0.1, -0.05) is 107 Å². The number of likely N-dealkylation sites (N-methyl/N-ethyl adjacent to an activating group) is 1. The standard InChI is InChI=1S/C50H57N5O5.CH4/c1-50(2,3)32-39(56)31-40(34-14-8-6-9-15-34)48(59)54-26-12-18-43(54)45(57)29-33-20-25-41-37(28-33)30-42(52-41)35-21-23-38(24-22-35)51-47(58)44-19-13-27-55(44)49(60)46(53(4)5)36-16-10-7-11-17-36;/h6-11,14-17,20-25,28,30,40,43-44,46,52H,12-13,18-19,26-27,29,31-32H2,1-5H3,(H,51,58);1H4/t40-,43+,44+,46-;/m1./s1. The molecule has 7 rings (SSSR count). The van der Waals surface area contributed by atoms with Crippen molar-refractivity contribution < 1.29 is 24.0 Å². The number of H-pyrrole nitrogens is 1. The average molecular weight is 824 g/mol. The molecule has 4 atom stereocenters. The van der Waals surface area contributed by atoms with Crippen LogP contribution in [0.25, 0.3) is 22.2 Å². The second-order valence-corrected chi connectivity index (χ2v) is 17.9. The number of carbonyl (C=O) groups is 5. The number of nitrogens with zero attached hydrogens (tertiary/aromatic N) is 3. The third-order valence-corrected chi connectivity index (χ3v) is 11.8. The van der Waals surface area contributed by atoms with Gasteiger partial charge in [-0.05, 0) is 97.8 Å². The maximum Gasteiger partial charge on any atom is 0.247 e. The minimum Gasteiger partial charge on any atom is -0.355 e. The molecule has 2 saturated heterocycles. The highest BCUT2D eigenvalue weighted by molar-refractivity contribution is 5.99. The largest absolute Gasteiger partial charge is 0.355 e. The molecule has 5 aromatic rings. The van der Waals surface area contributed by atoms with E-state index in [1.54, 1.807) is 9.80 Å². The van der Waals surface area contributed by atoms with E-state index < -0.39 is 24.0 Å². The number of anilines is 1.